The Morgan fingerprint density at radius 1 is 1.38 bits per heavy atom. The maximum atomic E-state index is 10.9. The van der Waals surface area contributed by atoms with E-state index < -0.39 is 6.16 Å². The zero-order valence-electron chi connectivity index (χ0n) is 8.81. The molecule has 3 nitrogen and oxygen atoms in total. The second-order valence-corrected chi connectivity index (χ2v) is 3.40. The van der Waals surface area contributed by atoms with Gasteiger partial charge in [-0.05, 0) is 12.0 Å². The normalized spacial score (nSPS) is 17.6. The maximum Gasteiger partial charge on any atom is 0.514 e. The predicted molar refractivity (Wildman–Crippen MR) is 60.6 cm³/mol. The minimum absolute atomic E-state index is 0.205. The average molecular weight is 216 g/mol. The Morgan fingerprint density at radius 2 is 2.12 bits per heavy atom. The Morgan fingerprint density at radius 3 is 2.69 bits per heavy atom. The van der Waals surface area contributed by atoms with Crippen molar-refractivity contribution in [2.45, 2.75) is 6.42 Å². The molecule has 0 saturated carbocycles. The van der Waals surface area contributed by atoms with E-state index in [0.717, 1.165) is 11.1 Å². The SMILES string of the molecule is C=CCC(=C1COC(=O)O1)c1ccccc1. The summed E-state index contributed by atoms with van der Waals surface area (Å²) in [6.45, 7) is 3.91. The third kappa shape index (κ3) is 2.14. The van der Waals surface area contributed by atoms with Crippen molar-refractivity contribution in [2.24, 2.45) is 0 Å². The molecule has 1 aliphatic rings. The van der Waals surface area contributed by atoms with Crippen LogP contribution in [-0.2, 0) is 9.47 Å². The third-order valence-corrected chi connectivity index (χ3v) is 2.33. The van der Waals surface area contributed by atoms with Gasteiger partial charge in [0.25, 0.3) is 0 Å². The van der Waals surface area contributed by atoms with Crippen LogP contribution in [0.1, 0.15) is 12.0 Å². The monoisotopic (exact) mass is 216 g/mol. The van der Waals surface area contributed by atoms with Gasteiger partial charge in [0.05, 0.1) is 0 Å². The van der Waals surface area contributed by atoms with Gasteiger partial charge in [0, 0.05) is 5.57 Å². The van der Waals surface area contributed by atoms with Gasteiger partial charge in [-0.2, -0.15) is 0 Å². The van der Waals surface area contributed by atoms with E-state index in [-0.39, 0.29) is 6.61 Å². The molecule has 0 N–H and O–H groups in total. The van der Waals surface area contributed by atoms with Crippen LogP contribution in [0, 0.1) is 0 Å². The highest BCUT2D eigenvalue weighted by Crippen LogP contribution is 2.26. The summed E-state index contributed by atoms with van der Waals surface area (Å²) in [6.07, 6.45) is 1.80. The number of carbonyl (C=O) groups is 1. The zero-order valence-corrected chi connectivity index (χ0v) is 8.81. The number of benzene rings is 1. The Balaban J connectivity index is 2.37. The van der Waals surface area contributed by atoms with E-state index in [0.29, 0.717) is 12.2 Å². The van der Waals surface area contributed by atoms with Crippen molar-refractivity contribution in [3.05, 3.63) is 54.3 Å². The lowest BCUT2D eigenvalue weighted by atomic mass is 10.0. The second-order valence-electron chi connectivity index (χ2n) is 3.40. The molecule has 0 unspecified atom stereocenters. The first-order chi connectivity index (χ1) is 7.81. The molecule has 1 aromatic carbocycles. The molecule has 3 heteroatoms. The van der Waals surface area contributed by atoms with Crippen LogP contribution in [0.25, 0.3) is 5.57 Å². The summed E-state index contributed by atoms with van der Waals surface area (Å²) in [6, 6.07) is 9.76. The molecule has 0 aromatic heterocycles. The Bertz CT molecular complexity index is 432. The summed E-state index contributed by atoms with van der Waals surface area (Å²) < 4.78 is 9.76. The summed E-state index contributed by atoms with van der Waals surface area (Å²) in [4.78, 5) is 10.9. The van der Waals surface area contributed by atoms with Crippen LogP contribution in [0.5, 0.6) is 0 Å². The molecule has 0 radical (unpaired) electrons. The van der Waals surface area contributed by atoms with E-state index >= 15 is 0 Å². The average Bonchev–Trinajstić information content (AvgIpc) is 2.74. The lowest BCUT2D eigenvalue weighted by molar-refractivity contribution is 0.136. The van der Waals surface area contributed by atoms with Crippen molar-refractivity contribution in [3.8, 4) is 0 Å². The van der Waals surface area contributed by atoms with Gasteiger partial charge in [0.2, 0.25) is 0 Å². The van der Waals surface area contributed by atoms with E-state index in [1.54, 1.807) is 6.08 Å². The lowest BCUT2D eigenvalue weighted by Crippen LogP contribution is -1.93. The van der Waals surface area contributed by atoms with Crippen LogP contribution in [0.3, 0.4) is 0 Å². The molecule has 1 aliphatic heterocycles. The molecule has 82 valence electrons. The van der Waals surface area contributed by atoms with E-state index in [1.807, 2.05) is 30.3 Å². The van der Waals surface area contributed by atoms with Crippen molar-refractivity contribution in [2.75, 3.05) is 6.61 Å². The van der Waals surface area contributed by atoms with Gasteiger partial charge in [0.1, 0.15) is 0 Å². The first-order valence-electron chi connectivity index (χ1n) is 5.04. The van der Waals surface area contributed by atoms with Crippen LogP contribution in [0.15, 0.2) is 48.7 Å². The van der Waals surface area contributed by atoms with Crippen molar-refractivity contribution >= 4 is 11.7 Å². The van der Waals surface area contributed by atoms with E-state index in [1.165, 1.54) is 0 Å². The smallest absolute Gasteiger partial charge is 0.426 e. The van der Waals surface area contributed by atoms with E-state index in [9.17, 15) is 4.79 Å². The standard InChI is InChI=1S/C13H12O3/c1-2-6-11(10-7-4-3-5-8-10)12-9-15-13(14)16-12/h2-5,7-8H,1,6,9H2. The number of allylic oxidation sites excluding steroid dienone is 2. The van der Waals surface area contributed by atoms with Gasteiger partial charge in [0.15, 0.2) is 12.4 Å². The second kappa shape index (κ2) is 4.66. The fraction of sp³-hybridized carbons (Fsp3) is 0.154. The molecule has 0 atom stereocenters. The molecule has 1 heterocycles. The van der Waals surface area contributed by atoms with Gasteiger partial charge < -0.3 is 9.47 Å². The number of ether oxygens (including phenoxy) is 2. The fourth-order valence-corrected chi connectivity index (χ4v) is 1.61. The van der Waals surface area contributed by atoms with E-state index in [2.05, 4.69) is 6.58 Å². The van der Waals surface area contributed by atoms with Crippen LogP contribution < -0.4 is 0 Å². The van der Waals surface area contributed by atoms with E-state index in [4.69, 9.17) is 9.47 Å². The number of hydrogen-bond donors (Lipinski definition) is 0. The minimum Gasteiger partial charge on any atom is -0.426 e. The van der Waals surface area contributed by atoms with Crippen LogP contribution >= 0.6 is 0 Å². The summed E-state index contributed by atoms with van der Waals surface area (Å²) >= 11 is 0. The van der Waals surface area contributed by atoms with Crippen LogP contribution in [0.4, 0.5) is 4.79 Å². The Kier molecular flexibility index (Phi) is 3.05. The van der Waals surface area contributed by atoms with Gasteiger partial charge in [-0.15, -0.1) is 6.58 Å². The maximum absolute atomic E-state index is 10.9. The van der Waals surface area contributed by atoms with Gasteiger partial charge >= 0.3 is 6.16 Å². The first-order valence-corrected chi connectivity index (χ1v) is 5.04. The topological polar surface area (TPSA) is 35.5 Å². The summed E-state index contributed by atoms with van der Waals surface area (Å²) in [5, 5.41) is 0. The molecule has 1 saturated heterocycles. The lowest BCUT2D eigenvalue weighted by Gasteiger charge is -2.06. The van der Waals surface area contributed by atoms with Crippen molar-refractivity contribution in [1.82, 2.24) is 0 Å². The summed E-state index contributed by atoms with van der Waals surface area (Å²) in [7, 11) is 0. The van der Waals surface area contributed by atoms with Crippen molar-refractivity contribution in [3.63, 3.8) is 0 Å². The molecule has 16 heavy (non-hydrogen) atoms. The number of rotatable bonds is 3. The quantitative estimate of drug-likeness (QED) is 0.575. The first kappa shape index (κ1) is 10.5. The van der Waals surface area contributed by atoms with Crippen LogP contribution in [0.2, 0.25) is 0 Å². The van der Waals surface area contributed by atoms with Gasteiger partial charge in [-0.25, -0.2) is 4.79 Å². The highest BCUT2D eigenvalue weighted by Gasteiger charge is 2.22. The largest absolute Gasteiger partial charge is 0.514 e. The molecular formula is C13H12O3. The summed E-state index contributed by atoms with van der Waals surface area (Å²) in [5.74, 6) is 0.580. The molecular weight excluding hydrogens is 204 g/mol. The number of carbonyl (C=O) groups excluding carboxylic acids is 1. The van der Waals surface area contributed by atoms with Crippen molar-refractivity contribution < 1.29 is 14.3 Å². The molecule has 0 bridgehead atoms. The highest BCUT2D eigenvalue weighted by molar-refractivity contribution is 5.74. The number of hydrogen-bond acceptors (Lipinski definition) is 3. The fourth-order valence-electron chi connectivity index (χ4n) is 1.61. The zero-order chi connectivity index (χ0) is 11.4. The van der Waals surface area contributed by atoms with Gasteiger partial charge in [-0.1, -0.05) is 36.4 Å². The molecule has 0 aliphatic carbocycles. The predicted octanol–water partition coefficient (Wildman–Crippen LogP) is 3.14. The number of cyclic esters (lactones) is 2. The molecule has 1 fully saturated rings. The molecule has 1 aromatic rings. The molecule has 0 amide bonds. The Hall–Kier alpha value is -2.03. The summed E-state index contributed by atoms with van der Waals surface area (Å²) in [5.41, 5.74) is 1.97. The molecule has 0 spiro atoms. The van der Waals surface area contributed by atoms with Gasteiger partial charge in [-0.3, -0.25) is 0 Å². The van der Waals surface area contributed by atoms with Crippen LogP contribution in [-0.4, -0.2) is 12.8 Å². The molecule has 2 rings (SSSR count). The Labute approximate surface area is 94.0 Å². The highest BCUT2D eigenvalue weighted by atomic mass is 16.8. The third-order valence-electron chi connectivity index (χ3n) is 2.33. The minimum atomic E-state index is -0.632. The van der Waals surface area contributed by atoms with Crippen molar-refractivity contribution in [1.29, 1.82) is 0 Å².